The van der Waals surface area contributed by atoms with Gasteiger partial charge in [0.1, 0.15) is 24.8 Å². The molecule has 4 aromatic rings. The number of methoxy groups -OCH3 is 1. The molecule has 4 aromatic carbocycles. The van der Waals surface area contributed by atoms with Gasteiger partial charge < -0.3 is 38.0 Å². The molecule has 0 aromatic heterocycles. The van der Waals surface area contributed by atoms with Crippen LogP contribution in [0.25, 0.3) is 0 Å². The van der Waals surface area contributed by atoms with Crippen LogP contribution in [0, 0.1) is 52.3 Å². The Labute approximate surface area is 441 Å². The minimum absolute atomic E-state index is 0.00268. The summed E-state index contributed by atoms with van der Waals surface area (Å²) < 4.78 is 43.3. The van der Waals surface area contributed by atoms with Crippen LogP contribution in [0.3, 0.4) is 0 Å². The van der Waals surface area contributed by atoms with Crippen molar-refractivity contribution in [2.75, 3.05) is 20.3 Å². The minimum atomic E-state index is -1.57. The zero-order valence-corrected chi connectivity index (χ0v) is 44.2. The van der Waals surface area contributed by atoms with E-state index >= 15 is 0 Å². The van der Waals surface area contributed by atoms with Crippen LogP contribution in [0.1, 0.15) is 134 Å². The Hall–Kier alpha value is -6.02. The van der Waals surface area contributed by atoms with Gasteiger partial charge >= 0.3 is 23.9 Å². The molecule has 8 rings (SSSR count). The first kappa shape index (κ1) is 55.2. The molecule has 0 bridgehead atoms. The molecule has 1 aliphatic heterocycles. The van der Waals surface area contributed by atoms with Crippen LogP contribution >= 0.6 is 0 Å². The highest BCUT2D eigenvalue weighted by molar-refractivity contribution is 5.91. The molecular formula is C62H74O13. The number of hydrogen-bond donors (Lipinski definition) is 0. The van der Waals surface area contributed by atoms with E-state index < -0.39 is 73.0 Å². The van der Waals surface area contributed by atoms with E-state index in [1.54, 1.807) is 121 Å². The highest BCUT2D eigenvalue weighted by atomic mass is 16.7. The maximum absolute atomic E-state index is 14.3. The second kappa shape index (κ2) is 24.8. The number of carbonyl (C=O) groups is 6. The van der Waals surface area contributed by atoms with Gasteiger partial charge in [0.05, 0.1) is 35.0 Å². The van der Waals surface area contributed by atoms with E-state index in [1.165, 1.54) is 12.8 Å². The molecule has 13 nitrogen and oxygen atoms in total. The molecule has 400 valence electrons. The average Bonchev–Trinajstić information content (AvgIpc) is 3.44. The number of aldehydes is 1. The molecule has 4 fully saturated rings. The van der Waals surface area contributed by atoms with Crippen LogP contribution in [0.15, 0.2) is 121 Å². The van der Waals surface area contributed by atoms with Crippen molar-refractivity contribution in [3.05, 3.63) is 144 Å². The Morgan fingerprint density at radius 1 is 0.667 bits per heavy atom. The van der Waals surface area contributed by atoms with E-state index in [2.05, 4.69) is 20.8 Å². The summed E-state index contributed by atoms with van der Waals surface area (Å²) in [6.07, 6.45) is 2.17. The van der Waals surface area contributed by atoms with Crippen molar-refractivity contribution in [1.82, 2.24) is 0 Å². The average molecular weight is 1030 g/mol. The largest absolute Gasteiger partial charge is 0.459 e. The first-order valence-corrected chi connectivity index (χ1v) is 26.9. The van der Waals surface area contributed by atoms with Gasteiger partial charge in [0.15, 0.2) is 24.6 Å². The fourth-order valence-electron chi connectivity index (χ4n) is 13.1. The molecule has 0 radical (unpaired) electrons. The number of ether oxygens (including phenoxy) is 7. The molecule has 0 amide bonds. The van der Waals surface area contributed by atoms with Gasteiger partial charge in [0, 0.05) is 25.4 Å². The summed E-state index contributed by atoms with van der Waals surface area (Å²) in [5.41, 5.74) is 0.703. The van der Waals surface area contributed by atoms with Gasteiger partial charge in [-0.25, -0.2) is 19.2 Å². The van der Waals surface area contributed by atoms with Crippen LogP contribution in [-0.2, 0) is 42.7 Å². The van der Waals surface area contributed by atoms with Gasteiger partial charge in [-0.2, -0.15) is 0 Å². The van der Waals surface area contributed by atoms with Gasteiger partial charge in [-0.05, 0) is 140 Å². The molecule has 1 saturated heterocycles. The smallest absolute Gasteiger partial charge is 0.338 e. The summed E-state index contributed by atoms with van der Waals surface area (Å²) >= 11 is 0. The quantitative estimate of drug-likeness (QED) is 0.0466. The molecular weight excluding hydrogens is 953 g/mol. The zero-order chi connectivity index (χ0) is 53.3. The van der Waals surface area contributed by atoms with E-state index in [-0.39, 0.29) is 63.7 Å². The van der Waals surface area contributed by atoms with Crippen molar-refractivity contribution in [1.29, 1.82) is 0 Å². The fraction of sp³-hybridized carbons (Fsp3) is 0.516. The zero-order valence-electron chi connectivity index (χ0n) is 44.2. The SMILES string of the molecule is COC1CCC2(C)C(CCC3C(C)C(C)(C(C=O)[C@H](C)C(=O)CC[C@H](C)CO[C@@H]4OC(COC(=O)c5ccccc5)[C@@H](OC(=O)c5ccccc5)C(OC(=O)c5ccccc5)C4OC(=O)c4ccccc4)CCC32)C1. The normalized spacial score (nSPS) is 30.4. The van der Waals surface area contributed by atoms with E-state index in [1.807, 2.05) is 21.0 Å². The Bertz CT molecular complexity index is 2560. The first-order valence-electron chi connectivity index (χ1n) is 26.9. The van der Waals surface area contributed by atoms with Crippen molar-refractivity contribution in [2.24, 2.45) is 52.3 Å². The number of ketones is 1. The number of Topliss-reactive ketones (excluding diaryl/α,β-unsaturated/α-hetero) is 1. The fourth-order valence-corrected chi connectivity index (χ4v) is 13.1. The summed E-state index contributed by atoms with van der Waals surface area (Å²) in [4.78, 5) is 83.0. The third-order valence-electron chi connectivity index (χ3n) is 17.8. The van der Waals surface area contributed by atoms with Crippen molar-refractivity contribution in [3.8, 4) is 0 Å². The molecule has 75 heavy (non-hydrogen) atoms. The lowest BCUT2D eigenvalue weighted by molar-refractivity contribution is -0.300. The van der Waals surface area contributed by atoms with Crippen LogP contribution in [0.5, 0.6) is 0 Å². The summed E-state index contributed by atoms with van der Waals surface area (Å²) in [6.45, 7) is 10.4. The topological polar surface area (TPSA) is 167 Å². The maximum Gasteiger partial charge on any atom is 0.338 e. The van der Waals surface area contributed by atoms with Gasteiger partial charge in [-0.15, -0.1) is 0 Å². The summed E-state index contributed by atoms with van der Waals surface area (Å²) in [5.74, 6) is -2.32. The standard InChI is InChI=1S/C62H74O13/c1-39(27-30-51(64)40(2)50(36-63)61(4)34-32-49-48(41(61)3)29-28-46-35-47(69-6)31-33-62(46,49)5)37-71-60-55(75-59(68)45-25-17-10-18-26-45)54(74-58(67)44-23-15-9-16-24-44)53(73-57(66)43-21-13-8-14-22-43)52(72-60)38-70-56(65)42-19-11-7-12-20-42/h7-26,36,39-41,46-50,52-55,60H,27-35,37-38H2,1-6H3/t39-,40-,41?,46?,47?,48?,49?,50?,52?,53+,54?,55?,60+,61?,62?/m0/s1. The third-order valence-corrected chi connectivity index (χ3v) is 17.8. The molecule has 11 unspecified atom stereocenters. The predicted molar refractivity (Wildman–Crippen MR) is 279 cm³/mol. The lowest BCUT2D eigenvalue weighted by atomic mass is 9.43. The summed E-state index contributed by atoms with van der Waals surface area (Å²) in [7, 11) is 1.83. The molecule has 15 atom stereocenters. The number of fused-ring (bicyclic) bond motifs is 3. The van der Waals surface area contributed by atoms with Gasteiger partial charge in [0.25, 0.3) is 0 Å². The lowest BCUT2D eigenvalue weighted by Gasteiger charge is -2.62. The van der Waals surface area contributed by atoms with Crippen molar-refractivity contribution >= 4 is 35.9 Å². The number of benzene rings is 4. The Morgan fingerprint density at radius 2 is 1.19 bits per heavy atom. The number of carbonyl (C=O) groups excluding carboxylic acids is 6. The molecule has 3 aliphatic carbocycles. The summed E-state index contributed by atoms with van der Waals surface area (Å²) in [6, 6.07) is 32.8. The molecule has 3 saturated carbocycles. The molecule has 1 heterocycles. The van der Waals surface area contributed by atoms with Crippen LogP contribution in [0.2, 0.25) is 0 Å². The number of hydrogen-bond acceptors (Lipinski definition) is 13. The molecule has 0 N–H and O–H groups in total. The van der Waals surface area contributed by atoms with E-state index in [0.717, 1.165) is 38.4 Å². The molecule has 4 aliphatic rings. The van der Waals surface area contributed by atoms with Gasteiger partial charge in [-0.1, -0.05) is 107 Å². The summed E-state index contributed by atoms with van der Waals surface area (Å²) in [5, 5.41) is 0. The van der Waals surface area contributed by atoms with E-state index in [0.29, 0.717) is 30.3 Å². The monoisotopic (exact) mass is 1030 g/mol. The Kier molecular flexibility index (Phi) is 18.2. The second-order valence-corrected chi connectivity index (χ2v) is 22.1. The number of rotatable bonds is 20. The third kappa shape index (κ3) is 12.5. The Morgan fingerprint density at radius 3 is 1.72 bits per heavy atom. The van der Waals surface area contributed by atoms with E-state index in [4.69, 9.17) is 33.2 Å². The molecule has 13 heteroatoms. The Balaban J connectivity index is 1.01. The molecule has 0 spiro atoms. The number of esters is 4. The van der Waals surface area contributed by atoms with E-state index in [9.17, 15) is 28.8 Å². The van der Waals surface area contributed by atoms with Gasteiger partial charge in [0.2, 0.25) is 0 Å². The highest BCUT2D eigenvalue weighted by Crippen LogP contribution is 2.64. The van der Waals surface area contributed by atoms with Crippen molar-refractivity contribution < 1.29 is 61.9 Å². The predicted octanol–water partition coefficient (Wildman–Crippen LogP) is 11.0. The first-order chi connectivity index (χ1) is 36.1. The second-order valence-electron chi connectivity index (χ2n) is 22.1. The van der Waals surface area contributed by atoms with Gasteiger partial charge in [-0.3, -0.25) is 4.79 Å². The highest BCUT2D eigenvalue weighted by Gasteiger charge is 2.59. The minimum Gasteiger partial charge on any atom is -0.459 e. The van der Waals surface area contributed by atoms with Crippen LogP contribution in [-0.4, -0.2) is 93.1 Å². The van der Waals surface area contributed by atoms with Crippen molar-refractivity contribution in [2.45, 2.75) is 129 Å². The van der Waals surface area contributed by atoms with Crippen LogP contribution in [0.4, 0.5) is 0 Å². The van der Waals surface area contributed by atoms with Crippen molar-refractivity contribution in [3.63, 3.8) is 0 Å². The maximum atomic E-state index is 14.3. The van der Waals surface area contributed by atoms with Crippen LogP contribution < -0.4 is 0 Å². The lowest BCUT2D eigenvalue weighted by Crippen LogP contribution is -2.63.